The molecule has 0 fully saturated rings. The molecule has 1 aromatic heterocycles. The highest BCUT2D eigenvalue weighted by Gasteiger charge is 2.40. The summed E-state index contributed by atoms with van der Waals surface area (Å²) in [6.07, 6.45) is 6.57. The third kappa shape index (κ3) is 4.24. The van der Waals surface area contributed by atoms with E-state index in [1.165, 1.54) is 0 Å². The summed E-state index contributed by atoms with van der Waals surface area (Å²) in [6, 6.07) is 3.69. The Labute approximate surface area is 132 Å². The minimum atomic E-state index is -0.741. The zero-order chi connectivity index (χ0) is 15.9. The predicted molar refractivity (Wildman–Crippen MR) is 89.8 cm³/mol. The molecule has 1 rings (SSSR count). The molecule has 1 unspecified atom stereocenters. The fourth-order valence-electron chi connectivity index (χ4n) is 2.61. The second-order valence-corrected chi connectivity index (χ2v) is 5.87. The maximum absolute atomic E-state index is 12.8. The zero-order valence-electron chi connectivity index (χ0n) is 13.1. The third-order valence-electron chi connectivity index (χ3n) is 3.79. The van der Waals surface area contributed by atoms with Crippen molar-refractivity contribution in [2.24, 2.45) is 11.1 Å². The molecule has 0 saturated heterocycles. The summed E-state index contributed by atoms with van der Waals surface area (Å²) >= 11 is 5.21. The number of hydrogen-bond acceptors (Lipinski definition) is 3. The van der Waals surface area contributed by atoms with Gasteiger partial charge < -0.3 is 11.1 Å². The van der Waals surface area contributed by atoms with Crippen LogP contribution < -0.4 is 11.1 Å². The van der Waals surface area contributed by atoms with E-state index in [1.807, 2.05) is 32.9 Å². The van der Waals surface area contributed by atoms with Crippen molar-refractivity contribution in [3.05, 3.63) is 30.1 Å². The fourth-order valence-corrected chi connectivity index (χ4v) is 2.91. The Bertz CT molecular complexity index is 470. The Morgan fingerprint density at radius 1 is 1.43 bits per heavy atom. The molecule has 0 aliphatic rings. The Balaban J connectivity index is 2.93. The van der Waals surface area contributed by atoms with E-state index in [4.69, 9.17) is 18.0 Å². The molecule has 1 heterocycles. The van der Waals surface area contributed by atoms with Gasteiger partial charge in [0.2, 0.25) is 5.91 Å². The minimum Gasteiger partial charge on any atom is -0.392 e. The SMILES string of the molecule is CCCC(CCC)(C(=O)NC(C)c1cccnc1)C(N)=S. The molecule has 0 radical (unpaired) electrons. The van der Waals surface area contributed by atoms with Crippen LogP contribution in [0.5, 0.6) is 0 Å². The standard InChI is InChI=1S/C16H25N3OS/c1-4-8-16(9-5-2,14(17)21)15(20)19-12(3)13-7-6-10-18-11-13/h6-7,10-12H,4-5,8-9H2,1-3H3,(H2,17,21)(H,19,20). The number of carbonyl (C=O) groups is 1. The van der Waals surface area contributed by atoms with Crippen LogP contribution in [0.4, 0.5) is 0 Å². The largest absolute Gasteiger partial charge is 0.392 e. The van der Waals surface area contributed by atoms with Crippen LogP contribution in [0.2, 0.25) is 0 Å². The van der Waals surface area contributed by atoms with E-state index in [-0.39, 0.29) is 11.9 Å². The van der Waals surface area contributed by atoms with Gasteiger partial charge in [-0.25, -0.2) is 0 Å². The van der Waals surface area contributed by atoms with Gasteiger partial charge >= 0.3 is 0 Å². The van der Waals surface area contributed by atoms with Gasteiger partial charge in [-0.15, -0.1) is 0 Å². The maximum atomic E-state index is 12.8. The van der Waals surface area contributed by atoms with Crippen molar-refractivity contribution in [1.82, 2.24) is 10.3 Å². The molecule has 1 aromatic rings. The van der Waals surface area contributed by atoms with Gasteiger partial charge in [-0.2, -0.15) is 0 Å². The first-order valence-electron chi connectivity index (χ1n) is 7.48. The first-order valence-corrected chi connectivity index (χ1v) is 7.89. The molecule has 1 amide bonds. The number of aromatic nitrogens is 1. The van der Waals surface area contributed by atoms with Gasteiger partial charge in [0.25, 0.3) is 0 Å². The number of rotatable bonds is 8. The summed E-state index contributed by atoms with van der Waals surface area (Å²) in [7, 11) is 0. The van der Waals surface area contributed by atoms with Crippen LogP contribution in [0.25, 0.3) is 0 Å². The van der Waals surface area contributed by atoms with E-state index in [0.717, 1.165) is 18.4 Å². The molecule has 0 aliphatic heterocycles. The van der Waals surface area contributed by atoms with E-state index in [9.17, 15) is 4.79 Å². The van der Waals surface area contributed by atoms with Crippen LogP contribution in [0, 0.1) is 5.41 Å². The lowest BCUT2D eigenvalue weighted by Gasteiger charge is -2.32. The molecule has 0 bridgehead atoms. The average Bonchev–Trinajstić information content (AvgIpc) is 2.47. The summed E-state index contributed by atoms with van der Waals surface area (Å²) in [5.74, 6) is -0.0740. The monoisotopic (exact) mass is 307 g/mol. The second-order valence-electron chi connectivity index (χ2n) is 5.43. The lowest BCUT2D eigenvalue weighted by molar-refractivity contribution is -0.128. The number of nitrogens with zero attached hydrogens (tertiary/aromatic N) is 1. The van der Waals surface area contributed by atoms with Gasteiger partial charge in [0.1, 0.15) is 0 Å². The normalized spacial score (nSPS) is 12.7. The second kappa shape index (κ2) is 8.08. The quantitative estimate of drug-likeness (QED) is 0.724. The summed E-state index contributed by atoms with van der Waals surface area (Å²) < 4.78 is 0. The Morgan fingerprint density at radius 3 is 2.48 bits per heavy atom. The smallest absolute Gasteiger partial charge is 0.233 e. The van der Waals surface area contributed by atoms with Crippen molar-refractivity contribution >= 4 is 23.1 Å². The van der Waals surface area contributed by atoms with E-state index >= 15 is 0 Å². The molecule has 0 aromatic carbocycles. The van der Waals surface area contributed by atoms with Gasteiger partial charge in [0, 0.05) is 12.4 Å². The zero-order valence-corrected chi connectivity index (χ0v) is 13.9. The van der Waals surface area contributed by atoms with Crippen molar-refractivity contribution in [2.45, 2.75) is 52.5 Å². The molecular weight excluding hydrogens is 282 g/mol. The van der Waals surface area contributed by atoms with Crippen LogP contribution >= 0.6 is 12.2 Å². The maximum Gasteiger partial charge on any atom is 0.233 e. The number of pyridine rings is 1. The molecule has 0 spiro atoms. The molecule has 0 saturated carbocycles. The van der Waals surface area contributed by atoms with Crippen LogP contribution in [0.3, 0.4) is 0 Å². The first-order chi connectivity index (χ1) is 9.97. The first kappa shape index (κ1) is 17.6. The summed E-state index contributed by atoms with van der Waals surface area (Å²) in [5, 5.41) is 3.04. The topological polar surface area (TPSA) is 68.0 Å². The van der Waals surface area contributed by atoms with E-state index < -0.39 is 5.41 Å². The van der Waals surface area contributed by atoms with Crippen molar-refractivity contribution in [3.63, 3.8) is 0 Å². The molecule has 0 aliphatic carbocycles. The lowest BCUT2D eigenvalue weighted by atomic mass is 9.78. The highest BCUT2D eigenvalue weighted by molar-refractivity contribution is 7.80. The van der Waals surface area contributed by atoms with Crippen LogP contribution in [0.1, 0.15) is 58.1 Å². The van der Waals surface area contributed by atoms with Crippen molar-refractivity contribution in [1.29, 1.82) is 0 Å². The predicted octanol–water partition coefficient (Wildman–Crippen LogP) is 3.13. The Hall–Kier alpha value is -1.49. The van der Waals surface area contributed by atoms with Crippen molar-refractivity contribution in [2.75, 3.05) is 0 Å². The number of hydrogen-bond donors (Lipinski definition) is 2. The fraction of sp³-hybridized carbons (Fsp3) is 0.562. The molecule has 116 valence electrons. The van der Waals surface area contributed by atoms with E-state index in [0.29, 0.717) is 17.8 Å². The van der Waals surface area contributed by atoms with Gasteiger partial charge in [-0.05, 0) is 31.4 Å². The number of carbonyl (C=O) groups excluding carboxylic acids is 1. The molecule has 21 heavy (non-hydrogen) atoms. The summed E-state index contributed by atoms with van der Waals surface area (Å²) in [6.45, 7) is 6.03. The summed E-state index contributed by atoms with van der Waals surface area (Å²) in [5.41, 5.74) is 6.14. The number of nitrogens with two attached hydrogens (primary N) is 1. The van der Waals surface area contributed by atoms with Crippen LogP contribution in [-0.2, 0) is 4.79 Å². The van der Waals surface area contributed by atoms with Gasteiger partial charge in [-0.3, -0.25) is 9.78 Å². The Morgan fingerprint density at radius 2 is 2.05 bits per heavy atom. The van der Waals surface area contributed by atoms with Gasteiger partial charge in [0.15, 0.2) is 0 Å². The Kier molecular flexibility index (Phi) is 6.75. The highest BCUT2D eigenvalue weighted by Crippen LogP contribution is 2.31. The minimum absolute atomic E-state index is 0.0740. The number of thiocarbonyl (C=S) groups is 1. The molecule has 4 nitrogen and oxygen atoms in total. The molecule has 1 atom stereocenters. The molecule has 3 N–H and O–H groups in total. The van der Waals surface area contributed by atoms with E-state index in [1.54, 1.807) is 12.4 Å². The van der Waals surface area contributed by atoms with E-state index in [2.05, 4.69) is 10.3 Å². The number of nitrogens with one attached hydrogen (secondary N) is 1. The molecular formula is C16H25N3OS. The molecule has 5 heteroatoms. The van der Waals surface area contributed by atoms with Crippen molar-refractivity contribution in [3.8, 4) is 0 Å². The average molecular weight is 307 g/mol. The summed E-state index contributed by atoms with van der Waals surface area (Å²) in [4.78, 5) is 17.1. The third-order valence-corrected chi connectivity index (χ3v) is 4.18. The number of amides is 1. The van der Waals surface area contributed by atoms with Crippen molar-refractivity contribution < 1.29 is 4.79 Å². The highest BCUT2D eigenvalue weighted by atomic mass is 32.1. The van der Waals surface area contributed by atoms with Crippen LogP contribution in [0.15, 0.2) is 24.5 Å². The van der Waals surface area contributed by atoms with Gasteiger partial charge in [-0.1, -0.05) is 45.0 Å². The lowest BCUT2D eigenvalue weighted by Crippen LogP contribution is -2.49. The van der Waals surface area contributed by atoms with Gasteiger partial charge in [0.05, 0.1) is 16.4 Å². The van der Waals surface area contributed by atoms with Crippen LogP contribution in [-0.4, -0.2) is 15.9 Å².